The summed E-state index contributed by atoms with van der Waals surface area (Å²) in [6.07, 6.45) is 5.01. The third-order valence-electron chi connectivity index (χ3n) is 10.8. The molecular weight excluding hydrogens is 507 g/mol. The number of carbonyl (C=O) groups excluding carboxylic acids is 2. The van der Waals surface area contributed by atoms with Crippen LogP contribution in [-0.2, 0) is 32.1 Å². The van der Waals surface area contributed by atoms with Gasteiger partial charge in [0.05, 0.1) is 12.7 Å². The van der Waals surface area contributed by atoms with Crippen LogP contribution >= 0.6 is 0 Å². The molecule has 1 aromatic carbocycles. The quantitative estimate of drug-likeness (QED) is 0.207. The van der Waals surface area contributed by atoms with Gasteiger partial charge in [-0.3, -0.25) is 4.79 Å². The minimum absolute atomic E-state index is 0.0335. The maximum atomic E-state index is 13.4. The van der Waals surface area contributed by atoms with Gasteiger partial charge in [-0.05, 0) is 78.9 Å². The lowest BCUT2D eigenvalue weighted by atomic mass is 9.47. The molecule has 5 N–H and O–H groups in total. The highest BCUT2D eigenvalue weighted by atomic mass is 16.5. The van der Waals surface area contributed by atoms with Crippen molar-refractivity contribution in [3.05, 3.63) is 35.9 Å². The molecule has 9 heteroatoms. The van der Waals surface area contributed by atoms with Crippen LogP contribution in [0.1, 0.15) is 84.3 Å². The fourth-order valence-electron chi connectivity index (χ4n) is 7.61. The van der Waals surface area contributed by atoms with E-state index in [0.717, 1.165) is 30.4 Å². The maximum Gasteiger partial charge on any atom is 0.491 e. The summed E-state index contributed by atoms with van der Waals surface area (Å²) in [6, 6.07) is 3.69. The topological polar surface area (TPSA) is 131 Å². The molecule has 1 aromatic rings. The molecule has 2 bridgehead atoms. The Balaban J connectivity index is 1.60. The highest BCUT2D eigenvalue weighted by Gasteiger charge is 2.58. The van der Waals surface area contributed by atoms with Crippen LogP contribution in [0.15, 0.2) is 24.8 Å². The largest absolute Gasteiger partial charge is 0.491 e. The lowest BCUT2D eigenvalue weighted by molar-refractivity contribution is -0.187. The second-order valence-electron chi connectivity index (χ2n) is 13.2. The van der Waals surface area contributed by atoms with Gasteiger partial charge in [-0.2, -0.15) is 0 Å². The zero-order valence-electron chi connectivity index (χ0n) is 24.8. The number of ketones is 1. The second-order valence-corrected chi connectivity index (χ2v) is 13.2. The van der Waals surface area contributed by atoms with Gasteiger partial charge in [-0.15, -0.1) is 6.58 Å². The van der Waals surface area contributed by atoms with Gasteiger partial charge in [-0.25, -0.2) is 0 Å². The Morgan fingerprint density at radius 2 is 2.05 bits per heavy atom. The molecule has 220 valence electrons. The van der Waals surface area contributed by atoms with Crippen molar-refractivity contribution in [1.82, 2.24) is 0 Å². The fraction of sp³-hybridized carbons (Fsp3) is 0.677. The molecule has 7 atom stereocenters. The second kappa shape index (κ2) is 11.6. The molecule has 2 fully saturated rings. The number of nitrogens with one attached hydrogen (secondary N) is 1. The van der Waals surface area contributed by atoms with E-state index in [1.165, 1.54) is 0 Å². The number of anilines is 1. The van der Waals surface area contributed by atoms with E-state index in [2.05, 4.69) is 32.7 Å². The number of carbonyl (C=O) groups is 2. The standard InChI is InChI=1S/C31H47BN2O6/c1-7-29(5)14-26(30(6)18-31(10-8-19(30)2,11-9-20(3)35)21(4)28(29)37)40-27(36)16-34-25-13-24-23(12-22(25)15-33)17-39-32(24)38/h7,12-13,19,21,26,28,34,37-38H,1,8-11,14-18,33H2,2-6H3/t19-,21+,26-,28+,29-,30+,31-/m1/s1. The number of benzene rings is 1. The van der Waals surface area contributed by atoms with Gasteiger partial charge in [0.1, 0.15) is 18.4 Å². The molecule has 4 rings (SSSR count). The highest BCUT2D eigenvalue weighted by Crippen LogP contribution is 2.62. The highest BCUT2D eigenvalue weighted by molar-refractivity contribution is 6.61. The van der Waals surface area contributed by atoms with Crippen molar-refractivity contribution < 1.29 is 29.1 Å². The molecule has 0 unspecified atom stereocenters. The lowest BCUT2D eigenvalue weighted by Gasteiger charge is -2.60. The minimum atomic E-state index is -0.995. The molecule has 0 aromatic heterocycles. The van der Waals surface area contributed by atoms with Crippen LogP contribution in [0.25, 0.3) is 0 Å². The normalized spacial score (nSPS) is 35.4. The van der Waals surface area contributed by atoms with Gasteiger partial charge in [0.2, 0.25) is 0 Å². The van der Waals surface area contributed by atoms with E-state index < -0.39 is 30.7 Å². The smallest absolute Gasteiger partial charge is 0.460 e. The number of esters is 1. The SMILES string of the molecule is C=C[C@]1(C)C[C@@H](OC(=O)CNc2cc3c(cc2CN)COB3O)[C@@]2(C)C[C@](CCC(C)=O)(CC[C@H]2C)[C@@H](C)[C@@H]1O. The van der Waals surface area contributed by atoms with E-state index in [1.54, 1.807) is 13.0 Å². The van der Waals surface area contributed by atoms with Crippen molar-refractivity contribution in [2.75, 3.05) is 11.9 Å². The first-order valence-corrected chi connectivity index (χ1v) is 14.7. The van der Waals surface area contributed by atoms with Gasteiger partial charge in [-0.1, -0.05) is 39.8 Å². The molecule has 0 spiro atoms. The van der Waals surface area contributed by atoms with E-state index in [0.29, 0.717) is 42.9 Å². The van der Waals surface area contributed by atoms with Crippen LogP contribution < -0.4 is 16.5 Å². The van der Waals surface area contributed by atoms with Crippen LogP contribution in [0.3, 0.4) is 0 Å². The molecule has 40 heavy (non-hydrogen) atoms. The summed E-state index contributed by atoms with van der Waals surface area (Å²) >= 11 is 0. The Morgan fingerprint density at radius 3 is 2.70 bits per heavy atom. The Bertz CT molecular complexity index is 1150. The van der Waals surface area contributed by atoms with Crippen LogP contribution in [0.2, 0.25) is 0 Å². The summed E-state index contributed by atoms with van der Waals surface area (Å²) < 4.78 is 11.6. The minimum Gasteiger partial charge on any atom is -0.460 e. The third kappa shape index (κ3) is 5.63. The van der Waals surface area contributed by atoms with Gasteiger partial charge in [0.25, 0.3) is 0 Å². The summed E-state index contributed by atoms with van der Waals surface area (Å²) in [5.41, 5.74) is 7.79. The molecule has 2 aliphatic carbocycles. The molecule has 1 heterocycles. The van der Waals surface area contributed by atoms with Crippen LogP contribution in [0.4, 0.5) is 5.69 Å². The predicted octanol–water partition coefficient (Wildman–Crippen LogP) is 3.46. The molecular formula is C31H47BN2O6. The summed E-state index contributed by atoms with van der Waals surface area (Å²) in [4.78, 5) is 25.5. The Kier molecular flexibility index (Phi) is 8.91. The molecule has 1 aliphatic heterocycles. The number of rotatable bonds is 9. The molecule has 2 saturated carbocycles. The number of fused-ring (bicyclic) bond motifs is 3. The Labute approximate surface area is 239 Å². The number of Topliss-reactive ketones (excluding diaryl/α,β-unsaturated/α-hetero) is 1. The molecule has 8 nitrogen and oxygen atoms in total. The van der Waals surface area contributed by atoms with E-state index in [-0.39, 0.29) is 35.6 Å². The molecule has 0 saturated heterocycles. The van der Waals surface area contributed by atoms with Crippen molar-refractivity contribution in [1.29, 1.82) is 0 Å². The van der Waals surface area contributed by atoms with Crippen molar-refractivity contribution in [3.8, 4) is 0 Å². The van der Waals surface area contributed by atoms with Crippen LogP contribution in [0, 0.1) is 28.1 Å². The van der Waals surface area contributed by atoms with Gasteiger partial charge in [0, 0.05) is 29.5 Å². The average Bonchev–Trinajstić information content (AvgIpc) is 3.29. The zero-order valence-corrected chi connectivity index (χ0v) is 24.8. The number of aliphatic hydroxyl groups is 1. The Hall–Kier alpha value is -2.20. The number of ether oxygens (including phenoxy) is 1. The van der Waals surface area contributed by atoms with E-state index in [1.807, 2.05) is 19.1 Å². The number of nitrogens with two attached hydrogens (primary N) is 1. The van der Waals surface area contributed by atoms with Crippen molar-refractivity contribution in [2.45, 2.75) is 98.5 Å². The number of hydrogen-bond donors (Lipinski definition) is 4. The first kappa shape index (κ1) is 30.8. The maximum absolute atomic E-state index is 13.4. The number of hydrogen-bond acceptors (Lipinski definition) is 8. The van der Waals surface area contributed by atoms with Crippen LogP contribution in [0.5, 0.6) is 0 Å². The third-order valence-corrected chi connectivity index (χ3v) is 10.8. The van der Waals surface area contributed by atoms with Crippen molar-refractivity contribution in [2.24, 2.45) is 33.8 Å². The van der Waals surface area contributed by atoms with Gasteiger partial charge in [0.15, 0.2) is 0 Å². The molecule has 0 radical (unpaired) electrons. The summed E-state index contributed by atoms with van der Waals surface area (Å²) in [7, 11) is -0.995. The molecule has 3 aliphatic rings. The van der Waals surface area contributed by atoms with E-state index in [4.69, 9.17) is 15.1 Å². The lowest BCUT2D eigenvalue weighted by Crippen LogP contribution is -2.58. The first-order valence-electron chi connectivity index (χ1n) is 14.7. The summed E-state index contributed by atoms with van der Waals surface area (Å²) in [5, 5.41) is 25.0. The predicted molar refractivity (Wildman–Crippen MR) is 157 cm³/mol. The van der Waals surface area contributed by atoms with Crippen molar-refractivity contribution >= 4 is 30.0 Å². The Morgan fingerprint density at radius 1 is 1.32 bits per heavy atom. The van der Waals surface area contributed by atoms with E-state index >= 15 is 0 Å². The van der Waals surface area contributed by atoms with Crippen LogP contribution in [-0.4, -0.2) is 47.8 Å². The van der Waals surface area contributed by atoms with Crippen molar-refractivity contribution in [3.63, 3.8) is 0 Å². The monoisotopic (exact) mass is 554 g/mol. The number of aliphatic hydroxyl groups excluding tert-OH is 1. The summed E-state index contributed by atoms with van der Waals surface area (Å²) in [6.45, 7) is 14.8. The molecule has 0 amide bonds. The van der Waals surface area contributed by atoms with Gasteiger partial charge < -0.3 is 35.4 Å². The average molecular weight is 555 g/mol. The zero-order chi connectivity index (χ0) is 29.5. The van der Waals surface area contributed by atoms with Gasteiger partial charge >= 0.3 is 13.1 Å². The first-order chi connectivity index (χ1) is 18.8. The fourth-order valence-corrected chi connectivity index (χ4v) is 7.61. The van der Waals surface area contributed by atoms with E-state index in [9.17, 15) is 19.7 Å². The summed E-state index contributed by atoms with van der Waals surface area (Å²) in [5.74, 6) is 0.0191.